The fourth-order valence-corrected chi connectivity index (χ4v) is 2.44. The van der Waals surface area contributed by atoms with E-state index in [9.17, 15) is 5.11 Å². The van der Waals surface area contributed by atoms with Gasteiger partial charge in [0, 0.05) is 13.1 Å². The SMILES string of the molecule is CCN(CC(C)(C)O)c1snc(N)c1OC(C)C. The zero-order valence-electron chi connectivity index (χ0n) is 11.7. The lowest BCUT2D eigenvalue weighted by Crippen LogP contribution is -2.38. The van der Waals surface area contributed by atoms with Crippen LogP contribution in [0.2, 0.25) is 0 Å². The molecule has 5 nitrogen and oxygen atoms in total. The van der Waals surface area contributed by atoms with E-state index >= 15 is 0 Å². The molecule has 0 fully saturated rings. The molecule has 0 saturated carbocycles. The van der Waals surface area contributed by atoms with Crippen LogP contribution in [0.3, 0.4) is 0 Å². The first kappa shape index (κ1) is 15.0. The molecular formula is C12H23N3O2S. The van der Waals surface area contributed by atoms with Crippen LogP contribution >= 0.6 is 11.5 Å². The molecule has 0 saturated heterocycles. The summed E-state index contributed by atoms with van der Waals surface area (Å²) in [6, 6.07) is 0. The summed E-state index contributed by atoms with van der Waals surface area (Å²) in [7, 11) is 0. The van der Waals surface area contributed by atoms with Crippen LogP contribution in [0.5, 0.6) is 5.75 Å². The first-order chi connectivity index (χ1) is 8.24. The van der Waals surface area contributed by atoms with Crippen LogP contribution in [0.25, 0.3) is 0 Å². The highest BCUT2D eigenvalue weighted by molar-refractivity contribution is 7.11. The van der Waals surface area contributed by atoms with Crippen molar-refractivity contribution in [1.29, 1.82) is 0 Å². The van der Waals surface area contributed by atoms with Gasteiger partial charge in [-0.15, -0.1) is 0 Å². The summed E-state index contributed by atoms with van der Waals surface area (Å²) in [5.41, 5.74) is 5.06. The molecule has 0 aromatic carbocycles. The summed E-state index contributed by atoms with van der Waals surface area (Å²) in [4.78, 5) is 2.03. The summed E-state index contributed by atoms with van der Waals surface area (Å²) >= 11 is 1.31. The number of hydrogen-bond donors (Lipinski definition) is 2. The third-order valence-electron chi connectivity index (χ3n) is 2.26. The fraction of sp³-hybridized carbons (Fsp3) is 0.750. The fourth-order valence-electron chi connectivity index (χ4n) is 1.63. The molecule has 0 bridgehead atoms. The Morgan fingerprint density at radius 3 is 2.56 bits per heavy atom. The molecule has 18 heavy (non-hydrogen) atoms. The molecule has 3 N–H and O–H groups in total. The molecule has 1 aromatic heterocycles. The van der Waals surface area contributed by atoms with Crippen molar-refractivity contribution in [2.24, 2.45) is 0 Å². The third-order valence-corrected chi connectivity index (χ3v) is 3.16. The molecule has 1 heterocycles. The molecule has 0 spiro atoms. The Bertz CT molecular complexity index is 385. The van der Waals surface area contributed by atoms with Crippen molar-refractivity contribution >= 4 is 22.4 Å². The predicted octanol–water partition coefficient (Wildman–Crippen LogP) is 2.11. The Morgan fingerprint density at radius 1 is 1.50 bits per heavy atom. The minimum atomic E-state index is -0.774. The second-order valence-corrected chi connectivity index (χ2v) is 5.95. The quantitative estimate of drug-likeness (QED) is 0.830. The summed E-state index contributed by atoms with van der Waals surface area (Å²) in [5.74, 6) is 1.04. The molecule has 0 amide bonds. The van der Waals surface area contributed by atoms with E-state index in [0.717, 1.165) is 11.5 Å². The highest BCUT2D eigenvalue weighted by Gasteiger charge is 2.24. The van der Waals surface area contributed by atoms with E-state index < -0.39 is 5.60 Å². The summed E-state index contributed by atoms with van der Waals surface area (Å²) in [6.45, 7) is 10.8. The van der Waals surface area contributed by atoms with Crippen LogP contribution < -0.4 is 15.4 Å². The molecule has 0 aliphatic carbocycles. The van der Waals surface area contributed by atoms with Gasteiger partial charge < -0.3 is 20.5 Å². The van der Waals surface area contributed by atoms with Gasteiger partial charge in [0.15, 0.2) is 16.6 Å². The van der Waals surface area contributed by atoms with E-state index in [0.29, 0.717) is 18.1 Å². The Kier molecular flexibility index (Phi) is 4.81. The Labute approximate surface area is 113 Å². The van der Waals surface area contributed by atoms with E-state index in [4.69, 9.17) is 10.5 Å². The molecule has 0 radical (unpaired) electrons. The standard InChI is InChI=1S/C12H23N3O2S/c1-6-15(7-12(4,5)16)11-9(17-8(2)3)10(13)14-18-11/h8,16H,6-7H2,1-5H3,(H2,13,14). The van der Waals surface area contributed by atoms with Gasteiger partial charge in [-0.2, -0.15) is 4.37 Å². The van der Waals surface area contributed by atoms with Crippen LogP contribution in [0.4, 0.5) is 10.8 Å². The van der Waals surface area contributed by atoms with Gasteiger partial charge in [0.2, 0.25) is 0 Å². The van der Waals surface area contributed by atoms with E-state index in [1.807, 2.05) is 25.7 Å². The van der Waals surface area contributed by atoms with Crippen molar-refractivity contribution in [2.45, 2.75) is 46.3 Å². The topological polar surface area (TPSA) is 71.6 Å². The molecule has 104 valence electrons. The number of nitrogens with two attached hydrogens (primary N) is 1. The van der Waals surface area contributed by atoms with Gasteiger partial charge in [-0.1, -0.05) is 0 Å². The molecule has 0 aliphatic rings. The monoisotopic (exact) mass is 273 g/mol. The number of anilines is 2. The molecule has 1 rings (SSSR count). The number of nitrogens with zero attached hydrogens (tertiary/aromatic N) is 2. The van der Waals surface area contributed by atoms with Crippen molar-refractivity contribution in [3.63, 3.8) is 0 Å². The van der Waals surface area contributed by atoms with Crippen molar-refractivity contribution in [1.82, 2.24) is 4.37 Å². The van der Waals surface area contributed by atoms with Crippen LogP contribution in [0, 0.1) is 0 Å². The normalized spacial score (nSPS) is 11.9. The lowest BCUT2D eigenvalue weighted by Gasteiger charge is -2.29. The Hall–Kier alpha value is -1.01. The van der Waals surface area contributed by atoms with Crippen LogP contribution in [-0.2, 0) is 0 Å². The lowest BCUT2D eigenvalue weighted by atomic mass is 10.1. The number of ether oxygens (including phenoxy) is 1. The first-order valence-corrected chi connectivity index (χ1v) is 6.91. The van der Waals surface area contributed by atoms with Gasteiger partial charge >= 0.3 is 0 Å². The van der Waals surface area contributed by atoms with Gasteiger partial charge in [0.25, 0.3) is 0 Å². The number of aromatic nitrogens is 1. The number of nitrogen functional groups attached to an aromatic ring is 1. The third kappa shape index (κ3) is 4.03. The number of rotatable bonds is 6. The maximum atomic E-state index is 9.93. The lowest BCUT2D eigenvalue weighted by molar-refractivity contribution is 0.0876. The minimum absolute atomic E-state index is 0.0447. The average molecular weight is 273 g/mol. The highest BCUT2D eigenvalue weighted by atomic mass is 32.1. The largest absolute Gasteiger partial charge is 0.484 e. The maximum absolute atomic E-state index is 9.93. The molecule has 0 atom stereocenters. The van der Waals surface area contributed by atoms with Gasteiger partial charge in [0.1, 0.15) is 0 Å². The van der Waals surface area contributed by atoms with E-state index in [2.05, 4.69) is 4.37 Å². The van der Waals surface area contributed by atoms with Crippen molar-refractivity contribution < 1.29 is 9.84 Å². The van der Waals surface area contributed by atoms with E-state index in [1.165, 1.54) is 11.5 Å². The molecule has 1 aromatic rings. The summed E-state index contributed by atoms with van der Waals surface area (Å²) < 4.78 is 9.85. The highest BCUT2D eigenvalue weighted by Crippen LogP contribution is 2.39. The van der Waals surface area contributed by atoms with E-state index in [-0.39, 0.29) is 6.10 Å². The van der Waals surface area contributed by atoms with Gasteiger partial charge in [-0.05, 0) is 46.2 Å². The molecule has 0 aliphatic heterocycles. The Balaban J connectivity index is 2.99. The summed E-state index contributed by atoms with van der Waals surface area (Å²) in [5, 5.41) is 10.8. The number of hydrogen-bond acceptors (Lipinski definition) is 6. The Morgan fingerprint density at radius 2 is 2.11 bits per heavy atom. The van der Waals surface area contributed by atoms with Crippen LogP contribution in [0.1, 0.15) is 34.6 Å². The van der Waals surface area contributed by atoms with Crippen LogP contribution in [0.15, 0.2) is 0 Å². The average Bonchev–Trinajstić information content (AvgIpc) is 2.55. The second kappa shape index (κ2) is 5.75. The molecular weight excluding hydrogens is 250 g/mol. The second-order valence-electron chi connectivity index (χ2n) is 5.20. The predicted molar refractivity (Wildman–Crippen MR) is 76.5 cm³/mol. The zero-order chi connectivity index (χ0) is 13.9. The minimum Gasteiger partial charge on any atom is -0.484 e. The smallest absolute Gasteiger partial charge is 0.198 e. The first-order valence-electron chi connectivity index (χ1n) is 6.13. The number of aliphatic hydroxyl groups is 1. The van der Waals surface area contributed by atoms with Crippen LogP contribution in [-0.4, -0.2) is 34.3 Å². The van der Waals surface area contributed by atoms with Gasteiger partial charge in [0.05, 0.1) is 11.7 Å². The van der Waals surface area contributed by atoms with Gasteiger partial charge in [-0.3, -0.25) is 0 Å². The summed E-state index contributed by atoms with van der Waals surface area (Å²) in [6.07, 6.45) is 0.0447. The van der Waals surface area contributed by atoms with E-state index in [1.54, 1.807) is 13.8 Å². The number of likely N-dealkylation sites (N-methyl/N-ethyl adjacent to an activating group) is 1. The maximum Gasteiger partial charge on any atom is 0.198 e. The zero-order valence-corrected chi connectivity index (χ0v) is 12.5. The van der Waals surface area contributed by atoms with Crippen molar-refractivity contribution in [3.05, 3.63) is 0 Å². The molecule has 0 unspecified atom stereocenters. The van der Waals surface area contributed by atoms with Crippen molar-refractivity contribution in [2.75, 3.05) is 23.7 Å². The van der Waals surface area contributed by atoms with Crippen molar-refractivity contribution in [3.8, 4) is 5.75 Å². The molecule has 6 heteroatoms. The van der Waals surface area contributed by atoms with Gasteiger partial charge in [-0.25, -0.2) is 0 Å².